The van der Waals surface area contributed by atoms with Crippen molar-refractivity contribution < 1.29 is 0 Å². The third kappa shape index (κ3) is 1.31. The maximum atomic E-state index is 3.47. The van der Waals surface area contributed by atoms with Crippen LogP contribution in [0.5, 0.6) is 0 Å². The molecule has 0 bridgehead atoms. The molecule has 3 unspecified atom stereocenters. The highest BCUT2D eigenvalue weighted by Gasteiger charge is 2.60. The molecule has 18 heavy (non-hydrogen) atoms. The minimum atomic E-state index is 0.495. The number of benzene rings is 2. The van der Waals surface area contributed by atoms with Crippen molar-refractivity contribution in [2.45, 2.75) is 30.7 Å². The van der Waals surface area contributed by atoms with Crippen LogP contribution in [0.25, 0.3) is 10.8 Å². The van der Waals surface area contributed by atoms with E-state index >= 15 is 0 Å². The zero-order chi connectivity index (χ0) is 12.2. The second-order valence-electron chi connectivity index (χ2n) is 6.01. The highest BCUT2D eigenvalue weighted by Crippen LogP contribution is 2.65. The number of rotatable bonds is 2. The quantitative estimate of drug-likeness (QED) is 0.843. The van der Waals surface area contributed by atoms with Crippen LogP contribution in [0.3, 0.4) is 0 Å². The van der Waals surface area contributed by atoms with Crippen molar-refractivity contribution >= 4 is 10.8 Å². The zero-order valence-electron chi connectivity index (χ0n) is 10.8. The number of fused-ring (bicyclic) bond motifs is 2. The summed E-state index contributed by atoms with van der Waals surface area (Å²) < 4.78 is 0. The van der Waals surface area contributed by atoms with Gasteiger partial charge in [-0.25, -0.2) is 0 Å². The van der Waals surface area contributed by atoms with Crippen LogP contribution in [0.2, 0.25) is 0 Å². The average Bonchev–Trinajstić information content (AvgIpc) is 3.00. The van der Waals surface area contributed by atoms with Gasteiger partial charge in [0.15, 0.2) is 0 Å². The Labute approximate surface area is 108 Å². The molecule has 0 saturated heterocycles. The topological polar surface area (TPSA) is 12.0 Å². The van der Waals surface area contributed by atoms with Gasteiger partial charge in [-0.05, 0) is 48.6 Å². The van der Waals surface area contributed by atoms with Crippen molar-refractivity contribution in [3.05, 3.63) is 48.0 Å². The lowest BCUT2D eigenvalue weighted by Crippen LogP contribution is -2.25. The summed E-state index contributed by atoms with van der Waals surface area (Å²) in [6.45, 7) is 0. The zero-order valence-corrected chi connectivity index (χ0v) is 10.8. The summed E-state index contributed by atoms with van der Waals surface area (Å²) in [5.74, 6) is 0.917. The Balaban J connectivity index is 1.85. The summed E-state index contributed by atoms with van der Waals surface area (Å²) in [6, 6.07) is 16.4. The first-order chi connectivity index (χ1) is 8.83. The third-order valence-corrected chi connectivity index (χ3v) is 5.15. The molecule has 1 N–H and O–H groups in total. The van der Waals surface area contributed by atoms with Gasteiger partial charge in [-0.3, -0.25) is 0 Å². The molecule has 1 heteroatoms. The predicted octanol–water partition coefficient (Wildman–Crippen LogP) is 3.48. The van der Waals surface area contributed by atoms with E-state index in [0.717, 1.165) is 12.0 Å². The Hall–Kier alpha value is -1.34. The first-order valence-corrected chi connectivity index (χ1v) is 6.99. The molecule has 4 rings (SSSR count). The molecule has 2 fully saturated rings. The molecule has 2 saturated carbocycles. The lowest BCUT2D eigenvalue weighted by atomic mass is 9.88. The van der Waals surface area contributed by atoms with E-state index in [9.17, 15) is 0 Å². The molecule has 2 aromatic rings. The fourth-order valence-electron chi connectivity index (χ4n) is 4.13. The van der Waals surface area contributed by atoms with E-state index in [1.165, 1.54) is 30.0 Å². The fraction of sp³-hybridized carbons (Fsp3) is 0.412. The highest BCUT2D eigenvalue weighted by molar-refractivity contribution is 5.87. The van der Waals surface area contributed by atoms with Crippen molar-refractivity contribution in [3.8, 4) is 0 Å². The molecule has 0 aromatic heterocycles. The standard InChI is InChI=1S/C17H19N/c1-18-14-9-13-10-17(13,11-14)16-8-4-6-12-5-2-3-7-15(12)16/h2-8,13-14,18H,9-11H2,1H3. The molecular weight excluding hydrogens is 218 g/mol. The molecule has 0 spiro atoms. The summed E-state index contributed by atoms with van der Waals surface area (Å²) in [7, 11) is 2.10. The molecule has 1 nitrogen and oxygen atoms in total. The van der Waals surface area contributed by atoms with Gasteiger partial charge in [-0.1, -0.05) is 42.5 Å². The van der Waals surface area contributed by atoms with E-state index in [1.807, 2.05) is 0 Å². The normalized spacial score (nSPS) is 33.6. The van der Waals surface area contributed by atoms with Gasteiger partial charge in [-0.15, -0.1) is 0 Å². The smallest absolute Gasteiger partial charge is 0.00756 e. The van der Waals surface area contributed by atoms with Gasteiger partial charge in [0.1, 0.15) is 0 Å². The van der Waals surface area contributed by atoms with Gasteiger partial charge in [0, 0.05) is 11.5 Å². The van der Waals surface area contributed by atoms with Crippen LogP contribution in [0.1, 0.15) is 24.8 Å². The minimum absolute atomic E-state index is 0.495. The minimum Gasteiger partial charge on any atom is -0.317 e. The Kier molecular flexibility index (Phi) is 2.10. The van der Waals surface area contributed by atoms with Crippen LogP contribution in [0.4, 0.5) is 0 Å². The van der Waals surface area contributed by atoms with Crippen molar-refractivity contribution in [3.63, 3.8) is 0 Å². The SMILES string of the molecule is CNC1CC2CC2(c2cccc3ccccc23)C1. The Morgan fingerprint density at radius 2 is 1.89 bits per heavy atom. The van der Waals surface area contributed by atoms with Crippen molar-refractivity contribution in [1.29, 1.82) is 0 Å². The Bertz CT molecular complexity index is 598. The molecule has 0 aliphatic heterocycles. The molecule has 92 valence electrons. The predicted molar refractivity (Wildman–Crippen MR) is 75.8 cm³/mol. The van der Waals surface area contributed by atoms with E-state index in [1.54, 1.807) is 5.56 Å². The maximum Gasteiger partial charge on any atom is 0.00756 e. The molecule has 3 atom stereocenters. The third-order valence-electron chi connectivity index (χ3n) is 5.15. The first-order valence-electron chi connectivity index (χ1n) is 6.99. The van der Waals surface area contributed by atoms with E-state index in [-0.39, 0.29) is 0 Å². The van der Waals surface area contributed by atoms with Crippen LogP contribution in [0.15, 0.2) is 42.5 Å². The summed E-state index contributed by atoms with van der Waals surface area (Å²) >= 11 is 0. The van der Waals surface area contributed by atoms with Crippen LogP contribution in [-0.2, 0) is 5.41 Å². The second kappa shape index (κ2) is 3.58. The summed E-state index contributed by atoms with van der Waals surface area (Å²) in [5, 5.41) is 6.33. The lowest BCUT2D eigenvalue weighted by Gasteiger charge is -2.18. The van der Waals surface area contributed by atoms with Crippen LogP contribution in [0, 0.1) is 5.92 Å². The van der Waals surface area contributed by atoms with Gasteiger partial charge < -0.3 is 5.32 Å². The van der Waals surface area contributed by atoms with Crippen LogP contribution >= 0.6 is 0 Å². The Morgan fingerprint density at radius 3 is 2.72 bits per heavy atom. The number of nitrogens with one attached hydrogen (secondary N) is 1. The molecular formula is C17H19N. The lowest BCUT2D eigenvalue weighted by molar-refractivity contribution is 0.508. The average molecular weight is 237 g/mol. The summed E-state index contributed by atoms with van der Waals surface area (Å²) in [4.78, 5) is 0. The van der Waals surface area contributed by atoms with E-state index < -0.39 is 0 Å². The molecule has 2 aromatic carbocycles. The van der Waals surface area contributed by atoms with Gasteiger partial charge in [0.05, 0.1) is 0 Å². The van der Waals surface area contributed by atoms with Crippen molar-refractivity contribution in [2.75, 3.05) is 7.05 Å². The molecule has 0 radical (unpaired) electrons. The monoisotopic (exact) mass is 237 g/mol. The van der Waals surface area contributed by atoms with Crippen LogP contribution < -0.4 is 5.32 Å². The molecule has 2 aliphatic carbocycles. The van der Waals surface area contributed by atoms with Crippen molar-refractivity contribution in [2.24, 2.45) is 5.92 Å². The highest BCUT2D eigenvalue weighted by atomic mass is 14.9. The van der Waals surface area contributed by atoms with E-state index in [4.69, 9.17) is 0 Å². The van der Waals surface area contributed by atoms with Gasteiger partial charge in [-0.2, -0.15) is 0 Å². The fourth-order valence-corrected chi connectivity index (χ4v) is 4.13. The Morgan fingerprint density at radius 1 is 1.06 bits per heavy atom. The maximum absolute atomic E-state index is 3.47. The van der Waals surface area contributed by atoms with Crippen LogP contribution in [-0.4, -0.2) is 13.1 Å². The molecule has 0 amide bonds. The van der Waals surface area contributed by atoms with Gasteiger partial charge >= 0.3 is 0 Å². The summed E-state index contributed by atoms with van der Waals surface area (Å²) in [6.07, 6.45) is 4.08. The van der Waals surface area contributed by atoms with Gasteiger partial charge in [0.25, 0.3) is 0 Å². The van der Waals surface area contributed by atoms with Gasteiger partial charge in [0.2, 0.25) is 0 Å². The molecule has 0 heterocycles. The number of hydrogen-bond donors (Lipinski definition) is 1. The summed E-state index contributed by atoms with van der Waals surface area (Å²) in [5.41, 5.74) is 2.09. The van der Waals surface area contributed by atoms with E-state index in [0.29, 0.717) is 5.41 Å². The number of hydrogen-bond acceptors (Lipinski definition) is 1. The second-order valence-corrected chi connectivity index (χ2v) is 6.01. The van der Waals surface area contributed by atoms with Crippen molar-refractivity contribution in [1.82, 2.24) is 5.32 Å². The largest absolute Gasteiger partial charge is 0.317 e. The molecule has 2 aliphatic rings. The van der Waals surface area contributed by atoms with E-state index in [2.05, 4.69) is 54.8 Å². The first kappa shape index (κ1) is 10.6.